The molecular weight excluding hydrogens is 234 g/mol. The second-order valence-electron chi connectivity index (χ2n) is 3.90. The van der Waals surface area contributed by atoms with Gasteiger partial charge < -0.3 is 10.4 Å². The molecule has 0 atom stereocenters. The molecule has 0 unspecified atom stereocenters. The fraction of sp³-hybridized carbons (Fsp3) is 0.250. The van der Waals surface area contributed by atoms with E-state index in [0.29, 0.717) is 17.7 Å². The van der Waals surface area contributed by atoms with Gasteiger partial charge in [-0.05, 0) is 6.07 Å². The molecule has 3 N–H and O–H groups in total. The first-order chi connectivity index (χ1) is 8.66. The average Bonchev–Trinajstić information content (AvgIpc) is 2.38. The lowest BCUT2D eigenvalue weighted by molar-refractivity contribution is -0.121. The predicted molar refractivity (Wildman–Crippen MR) is 64.8 cm³/mol. The van der Waals surface area contributed by atoms with Crippen molar-refractivity contribution >= 4 is 17.5 Å². The van der Waals surface area contributed by atoms with E-state index >= 15 is 0 Å². The van der Waals surface area contributed by atoms with E-state index in [0.717, 1.165) is 0 Å². The summed E-state index contributed by atoms with van der Waals surface area (Å²) in [6, 6.07) is 6.76. The van der Waals surface area contributed by atoms with Crippen LogP contribution in [0.3, 0.4) is 0 Å². The molecule has 1 aliphatic heterocycles. The number of para-hydroxylation sites is 1. The topological polar surface area (TPSA) is 90.8 Å². The van der Waals surface area contributed by atoms with Gasteiger partial charge >= 0.3 is 0 Å². The van der Waals surface area contributed by atoms with Gasteiger partial charge in [0, 0.05) is 24.9 Å². The molecule has 1 aromatic rings. The number of carbonyl (C=O) groups excluding carboxylic acids is 2. The highest BCUT2D eigenvalue weighted by molar-refractivity contribution is 6.39. The standard InChI is InChI=1S/C12H13N3O3/c16-10-4-2-1-3-8(10)7-13-12(18)9-5-6-11(17)15-14-9/h1-4,16H,5-7H2,(H,13,18)(H,15,17). The maximum absolute atomic E-state index is 11.7. The van der Waals surface area contributed by atoms with Crippen LogP contribution in [0.4, 0.5) is 0 Å². The third kappa shape index (κ3) is 2.85. The SMILES string of the molecule is O=C1CCC(C(=O)NCc2ccccc2O)=NN1. The first kappa shape index (κ1) is 12.1. The van der Waals surface area contributed by atoms with Crippen molar-refractivity contribution in [2.45, 2.75) is 19.4 Å². The van der Waals surface area contributed by atoms with Crippen molar-refractivity contribution in [2.24, 2.45) is 5.10 Å². The van der Waals surface area contributed by atoms with Crippen molar-refractivity contribution in [3.63, 3.8) is 0 Å². The van der Waals surface area contributed by atoms with Crippen LogP contribution in [0.1, 0.15) is 18.4 Å². The summed E-state index contributed by atoms with van der Waals surface area (Å²) in [6.07, 6.45) is 0.598. The van der Waals surface area contributed by atoms with Crippen molar-refractivity contribution in [1.29, 1.82) is 0 Å². The molecule has 0 aromatic heterocycles. The van der Waals surface area contributed by atoms with Gasteiger partial charge in [0.25, 0.3) is 5.91 Å². The molecule has 6 nitrogen and oxygen atoms in total. The molecule has 0 radical (unpaired) electrons. The summed E-state index contributed by atoms with van der Waals surface area (Å²) in [5.41, 5.74) is 3.19. The summed E-state index contributed by atoms with van der Waals surface area (Å²) in [6.45, 7) is 0.221. The number of benzene rings is 1. The molecule has 1 aromatic carbocycles. The molecular formula is C12H13N3O3. The van der Waals surface area contributed by atoms with E-state index in [1.54, 1.807) is 24.3 Å². The van der Waals surface area contributed by atoms with Crippen LogP contribution in [0, 0.1) is 0 Å². The maximum Gasteiger partial charge on any atom is 0.267 e. The Morgan fingerprint density at radius 1 is 1.39 bits per heavy atom. The lowest BCUT2D eigenvalue weighted by atomic mass is 10.1. The Bertz CT molecular complexity index is 511. The lowest BCUT2D eigenvalue weighted by Crippen LogP contribution is -2.36. The summed E-state index contributed by atoms with van der Waals surface area (Å²) in [7, 11) is 0. The van der Waals surface area contributed by atoms with Gasteiger partial charge in [-0.3, -0.25) is 9.59 Å². The number of phenols is 1. The average molecular weight is 247 g/mol. The minimum absolute atomic E-state index is 0.136. The van der Waals surface area contributed by atoms with Crippen LogP contribution in [0.25, 0.3) is 0 Å². The molecule has 1 aliphatic rings. The maximum atomic E-state index is 11.7. The number of carbonyl (C=O) groups is 2. The molecule has 2 amide bonds. The van der Waals surface area contributed by atoms with Crippen LogP contribution in [0.5, 0.6) is 5.75 Å². The van der Waals surface area contributed by atoms with Gasteiger partial charge in [0.05, 0.1) is 0 Å². The van der Waals surface area contributed by atoms with Crippen molar-refractivity contribution < 1.29 is 14.7 Å². The van der Waals surface area contributed by atoms with E-state index in [4.69, 9.17) is 0 Å². The minimum Gasteiger partial charge on any atom is -0.508 e. The van der Waals surface area contributed by atoms with Crippen LogP contribution in [-0.2, 0) is 16.1 Å². The van der Waals surface area contributed by atoms with Crippen molar-refractivity contribution in [3.05, 3.63) is 29.8 Å². The van der Waals surface area contributed by atoms with E-state index < -0.39 is 0 Å². The summed E-state index contributed by atoms with van der Waals surface area (Å²) in [5, 5.41) is 15.9. The van der Waals surface area contributed by atoms with Gasteiger partial charge in [-0.15, -0.1) is 0 Å². The number of hydrogen-bond acceptors (Lipinski definition) is 4. The zero-order valence-electron chi connectivity index (χ0n) is 9.64. The van der Waals surface area contributed by atoms with E-state index in [2.05, 4.69) is 15.8 Å². The number of hydrogen-bond donors (Lipinski definition) is 3. The minimum atomic E-state index is -0.335. The highest BCUT2D eigenvalue weighted by Gasteiger charge is 2.17. The fourth-order valence-corrected chi connectivity index (χ4v) is 1.58. The lowest BCUT2D eigenvalue weighted by Gasteiger charge is -2.12. The summed E-state index contributed by atoms with van der Waals surface area (Å²) in [5.74, 6) is -0.387. The normalized spacial score (nSPS) is 14.7. The van der Waals surface area contributed by atoms with Crippen LogP contribution in [0.2, 0.25) is 0 Å². The third-order valence-electron chi connectivity index (χ3n) is 2.60. The Morgan fingerprint density at radius 3 is 2.83 bits per heavy atom. The Hall–Kier alpha value is -2.37. The molecule has 18 heavy (non-hydrogen) atoms. The van der Waals surface area contributed by atoms with Crippen LogP contribution < -0.4 is 10.7 Å². The zero-order chi connectivity index (χ0) is 13.0. The number of nitrogens with zero attached hydrogens (tertiary/aromatic N) is 1. The first-order valence-corrected chi connectivity index (χ1v) is 5.57. The highest BCUT2D eigenvalue weighted by atomic mass is 16.3. The van der Waals surface area contributed by atoms with Gasteiger partial charge in [0.2, 0.25) is 5.91 Å². The van der Waals surface area contributed by atoms with Crippen LogP contribution in [-0.4, -0.2) is 22.6 Å². The fourth-order valence-electron chi connectivity index (χ4n) is 1.58. The number of phenolic OH excluding ortho intramolecular Hbond substituents is 1. The highest BCUT2D eigenvalue weighted by Crippen LogP contribution is 2.14. The molecule has 0 bridgehead atoms. The number of rotatable bonds is 3. The van der Waals surface area contributed by atoms with Crippen molar-refractivity contribution in [1.82, 2.24) is 10.7 Å². The van der Waals surface area contributed by atoms with E-state index in [-0.39, 0.29) is 30.5 Å². The predicted octanol–water partition coefficient (Wildman–Crippen LogP) is 0.274. The molecule has 0 fully saturated rings. The molecule has 2 rings (SSSR count). The smallest absolute Gasteiger partial charge is 0.267 e. The van der Waals surface area contributed by atoms with Gasteiger partial charge in [0.1, 0.15) is 11.5 Å². The largest absolute Gasteiger partial charge is 0.508 e. The zero-order valence-corrected chi connectivity index (χ0v) is 9.64. The summed E-state index contributed by atoms with van der Waals surface area (Å²) < 4.78 is 0. The third-order valence-corrected chi connectivity index (χ3v) is 2.60. The number of hydrazone groups is 1. The Kier molecular flexibility index (Phi) is 3.57. The molecule has 0 spiro atoms. The number of amides is 2. The van der Waals surface area contributed by atoms with Gasteiger partial charge in [-0.1, -0.05) is 18.2 Å². The number of nitrogens with one attached hydrogen (secondary N) is 2. The summed E-state index contributed by atoms with van der Waals surface area (Å²) in [4.78, 5) is 22.6. The van der Waals surface area contributed by atoms with Gasteiger partial charge in [-0.2, -0.15) is 5.10 Å². The summed E-state index contributed by atoms with van der Waals surface area (Å²) >= 11 is 0. The molecule has 94 valence electrons. The quantitative estimate of drug-likeness (QED) is 0.716. The Balaban J connectivity index is 1.93. The van der Waals surface area contributed by atoms with Crippen molar-refractivity contribution in [3.8, 4) is 5.75 Å². The van der Waals surface area contributed by atoms with Gasteiger partial charge in [-0.25, -0.2) is 5.43 Å². The molecule has 0 aliphatic carbocycles. The van der Waals surface area contributed by atoms with Crippen LogP contribution >= 0.6 is 0 Å². The Labute approximate surface area is 104 Å². The van der Waals surface area contributed by atoms with E-state index in [1.165, 1.54) is 0 Å². The second kappa shape index (κ2) is 5.31. The van der Waals surface area contributed by atoms with Crippen LogP contribution in [0.15, 0.2) is 29.4 Å². The van der Waals surface area contributed by atoms with Crippen molar-refractivity contribution in [2.75, 3.05) is 0 Å². The molecule has 6 heteroatoms. The molecule has 0 saturated carbocycles. The van der Waals surface area contributed by atoms with E-state index in [1.807, 2.05) is 0 Å². The molecule has 0 saturated heterocycles. The Morgan fingerprint density at radius 2 is 2.17 bits per heavy atom. The van der Waals surface area contributed by atoms with E-state index in [9.17, 15) is 14.7 Å². The first-order valence-electron chi connectivity index (χ1n) is 5.57. The molecule has 1 heterocycles. The van der Waals surface area contributed by atoms with Gasteiger partial charge in [0.15, 0.2) is 0 Å². The monoisotopic (exact) mass is 247 g/mol. The second-order valence-corrected chi connectivity index (χ2v) is 3.90. The number of aromatic hydroxyl groups is 1.